The van der Waals surface area contributed by atoms with E-state index in [1.54, 1.807) is 18.2 Å². The minimum atomic E-state index is -0.505. The number of halogens is 3. The van der Waals surface area contributed by atoms with Gasteiger partial charge >= 0.3 is 0 Å². The maximum absolute atomic E-state index is 6.02. The summed E-state index contributed by atoms with van der Waals surface area (Å²) < 4.78 is 11.0. The molecule has 1 aliphatic heterocycles. The Bertz CT molecular complexity index is 336. The molecule has 0 spiro atoms. The summed E-state index contributed by atoms with van der Waals surface area (Å²) in [4.78, 5) is 0. The molecule has 0 aromatic heterocycles. The Morgan fingerprint density at radius 1 is 1.27 bits per heavy atom. The van der Waals surface area contributed by atoms with Crippen molar-refractivity contribution in [2.45, 2.75) is 12.4 Å². The molecule has 1 heterocycles. The van der Waals surface area contributed by atoms with Crippen LogP contribution in [0.4, 0.5) is 0 Å². The number of hydrogen-bond acceptors (Lipinski definition) is 2. The smallest absolute Gasteiger partial charge is 0.187 e. The zero-order valence-corrected chi connectivity index (χ0v) is 10.0. The van der Waals surface area contributed by atoms with Gasteiger partial charge in [0.2, 0.25) is 0 Å². The van der Waals surface area contributed by atoms with E-state index in [1.165, 1.54) is 0 Å². The quantitative estimate of drug-likeness (QED) is 0.762. The van der Waals surface area contributed by atoms with Gasteiger partial charge in [0.25, 0.3) is 0 Å². The Morgan fingerprint density at radius 2 is 1.93 bits per heavy atom. The minimum Gasteiger partial charge on any atom is -0.346 e. The molecular weight excluding hydrogens is 258 g/mol. The first kappa shape index (κ1) is 11.5. The average Bonchev–Trinajstić information content (AvgIpc) is 2.66. The fraction of sp³-hybridized carbons (Fsp3) is 0.400. The van der Waals surface area contributed by atoms with Crippen LogP contribution in [0.5, 0.6) is 0 Å². The zero-order valence-electron chi connectivity index (χ0n) is 7.75. The normalized spacial score (nSPS) is 25.8. The summed E-state index contributed by atoms with van der Waals surface area (Å²) in [6.45, 7) is 0.468. The maximum atomic E-state index is 6.02. The third-order valence-corrected chi connectivity index (χ3v) is 3.16. The van der Waals surface area contributed by atoms with Gasteiger partial charge in [-0.3, -0.25) is 0 Å². The van der Waals surface area contributed by atoms with Crippen molar-refractivity contribution < 1.29 is 9.47 Å². The molecule has 1 aromatic carbocycles. The molecule has 1 fully saturated rings. The van der Waals surface area contributed by atoms with E-state index in [2.05, 4.69) is 0 Å². The molecule has 0 amide bonds. The van der Waals surface area contributed by atoms with E-state index in [0.717, 1.165) is 0 Å². The molecule has 0 bridgehead atoms. The van der Waals surface area contributed by atoms with Crippen molar-refractivity contribution in [2.24, 2.45) is 0 Å². The van der Waals surface area contributed by atoms with Crippen molar-refractivity contribution in [3.63, 3.8) is 0 Å². The molecule has 0 saturated carbocycles. The molecule has 1 aromatic rings. The summed E-state index contributed by atoms with van der Waals surface area (Å²) in [5.74, 6) is 0.401. The van der Waals surface area contributed by atoms with Crippen LogP contribution in [-0.2, 0) is 9.47 Å². The summed E-state index contributed by atoms with van der Waals surface area (Å²) in [5, 5.41) is 1.09. The number of alkyl halides is 1. The van der Waals surface area contributed by atoms with E-state index in [1.807, 2.05) is 0 Å². The molecule has 2 unspecified atom stereocenters. The van der Waals surface area contributed by atoms with Crippen LogP contribution in [0.2, 0.25) is 10.0 Å². The highest BCUT2D eigenvalue weighted by Crippen LogP contribution is 2.36. The second-order valence-electron chi connectivity index (χ2n) is 3.21. The Hall–Kier alpha value is 0.01000. The maximum Gasteiger partial charge on any atom is 0.187 e. The Balaban J connectivity index is 2.23. The SMILES string of the molecule is ClCC1COC(c2c(Cl)cccc2Cl)O1. The van der Waals surface area contributed by atoms with E-state index < -0.39 is 6.29 Å². The van der Waals surface area contributed by atoms with Gasteiger partial charge in [-0.25, -0.2) is 0 Å². The first-order valence-corrected chi connectivity index (χ1v) is 5.78. The van der Waals surface area contributed by atoms with Gasteiger partial charge < -0.3 is 9.47 Å². The van der Waals surface area contributed by atoms with Gasteiger partial charge in [0.05, 0.1) is 28.6 Å². The summed E-state index contributed by atoms with van der Waals surface area (Å²) in [6, 6.07) is 5.29. The van der Waals surface area contributed by atoms with Crippen molar-refractivity contribution >= 4 is 34.8 Å². The number of hydrogen-bond donors (Lipinski definition) is 0. The highest BCUT2D eigenvalue weighted by atomic mass is 35.5. The summed E-state index contributed by atoms with van der Waals surface area (Å²) in [5.41, 5.74) is 0.674. The monoisotopic (exact) mass is 266 g/mol. The summed E-state index contributed by atoms with van der Waals surface area (Å²) in [7, 11) is 0. The first-order chi connectivity index (χ1) is 7.22. The van der Waals surface area contributed by atoms with E-state index in [4.69, 9.17) is 44.3 Å². The van der Waals surface area contributed by atoms with Gasteiger partial charge in [0.15, 0.2) is 6.29 Å². The molecule has 1 aliphatic rings. The Kier molecular flexibility index (Phi) is 3.75. The lowest BCUT2D eigenvalue weighted by Crippen LogP contribution is -2.11. The summed E-state index contributed by atoms with van der Waals surface area (Å²) >= 11 is 17.7. The van der Waals surface area contributed by atoms with E-state index in [-0.39, 0.29) is 6.10 Å². The number of benzene rings is 1. The van der Waals surface area contributed by atoms with Crippen molar-refractivity contribution in [3.05, 3.63) is 33.8 Å². The molecule has 0 aliphatic carbocycles. The van der Waals surface area contributed by atoms with Gasteiger partial charge in [-0.15, -0.1) is 11.6 Å². The van der Waals surface area contributed by atoms with Crippen molar-refractivity contribution in [3.8, 4) is 0 Å². The van der Waals surface area contributed by atoms with Gasteiger partial charge in [-0.05, 0) is 12.1 Å². The molecule has 15 heavy (non-hydrogen) atoms. The molecule has 5 heteroatoms. The molecule has 1 saturated heterocycles. The Morgan fingerprint density at radius 3 is 2.47 bits per heavy atom. The fourth-order valence-electron chi connectivity index (χ4n) is 1.42. The average molecular weight is 268 g/mol. The van der Waals surface area contributed by atoms with Crippen LogP contribution in [0.1, 0.15) is 11.9 Å². The van der Waals surface area contributed by atoms with E-state index in [0.29, 0.717) is 28.1 Å². The topological polar surface area (TPSA) is 18.5 Å². The van der Waals surface area contributed by atoms with Crippen LogP contribution >= 0.6 is 34.8 Å². The lowest BCUT2D eigenvalue weighted by molar-refractivity contribution is -0.0565. The van der Waals surface area contributed by atoms with Crippen LogP contribution in [0, 0.1) is 0 Å². The third kappa shape index (κ3) is 2.40. The van der Waals surface area contributed by atoms with Crippen LogP contribution in [0.25, 0.3) is 0 Å². The molecule has 82 valence electrons. The molecule has 0 N–H and O–H groups in total. The standard InChI is InChI=1S/C10H9Cl3O2/c11-4-6-5-14-10(15-6)9-7(12)2-1-3-8(9)13/h1-3,6,10H,4-5H2. The van der Waals surface area contributed by atoms with Crippen LogP contribution < -0.4 is 0 Å². The first-order valence-electron chi connectivity index (χ1n) is 4.49. The van der Waals surface area contributed by atoms with Crippen LogP contribution in [-0.4, -0.2) is 18.6 Å². The summed E-state index contributed by atoms with van der Waals surface area (Å²) in [6.07, 6.45) is -0.598. The van der Waals surface area contributed by atoms with Gasteiger partial charge in [-0.1, -0.05) is 29.3 Å². The van der Waals surface area contributed by atoms with Gasteiger partial charge in [0.1, 0.15) is 0 Å². The minimum absolute atomic E-state index is 0.0935. The largest absolute Gasteiger partial charge is 0.346 e. The number of rotatable bonds is 2. The van der Waals surface area contributed by atoms with E-state index >= 15 is 0 Å². The fourth-order valence-corrected chi connectivity index (χ4v) is 2.15. The predicted molar refractivity (Wildman–Crippen MR) is 60.7 cm³/mol. The third-order valence-electron chi connectivity index (χ3n) is 2.16. The van der Waals surface area contributed by atoms with Gasteiger partial charge in [0, 0.05) is 5.56 Å². The number of ether oxygens (including phenoxy) is 2. The van der Waals surface area contributed by atoms with Crippen LogP contribution in [0.15, 0.2) is 18.2 Å². The lowest BCUT2D eigenvalue weighted by atomic mass is 10.2. The lowest BCUT2D eigenvalue weighted by Gasteiger charge is -2.13. The molecule has 2 nitrogen and oxygen atoms in total. The molecular formula is C10H9Cl3O2. The highest BCUT2D eigenvalue weighted by molar-refractivity contribution is 6.36. The highest BCUT2D eigenvalue weighted by Gasteiger charge is 2.29. The Labute approximate surface area is 103 Å². The van der Waals surface area contributed by atoms with Crippen molar-refractivity contribution in [1.82, 2.24) is 0 Å². The molecule has 0 radical (unpaired) electrons. The van der Waals surface area contributed by atoms with Crippen LogP contribution in [0.3, 0.4) is 0 Å². The molecule has 2 rings (SSSR count). The van der Waals surface area contributed by atoms with Gasteiger partial charge in [-0.2, -0.15) is 0 Å². The van der Waals surface area contributed by atoms with Crippen molar-refractivity contribution in [2.75, 3.05) is 12.5 Å². The predicted octanol–water partition coefficient (Wildman–Crippen LogP) is 3.65. The van der Waals surface area contributed by atoms with Crippen molar-refractivity contribution in [1.29, 1.82) is 0 Å². The second kappa shape index (κ2) is 4.89. The van der Waals surface area contributed by atoms with E-state index in [9.17, 15) is 0 Å². The molecule has 2 atom stereocenters. The zero-order chi connectivity index (χ0) is 10.8. The second-order valence-corrected chi connectivity index (χ2v) is 4.34.